The predicted molar refractivity (Wildman–Crippen MR) is 162 cm³/mol. The molecule has 0 aromatic heterocycles. The molecular formula is C32H44F2N7O2+. The van der Waals surface area contributed by atoms with E-state index in [0.29, 0.717) is 30.7 Å². The van der Waals surface area contributed by atoms with Gasteiger partial charge in [-0.15, -0.1) is 0 Å². The Bertz CT molecular complexity index is 1380. The smallest absolute Gasteiger partial charge is 0.284 e. The summed E-state index contributed by atoms with van der Waals surface area (Å²) in [6.07, 6.45) is 5.48. The van der Waals surface area contributed by atoms with Gasteiger partial charge in [-0.05, 0) is 73.3 Å². The fraction of sp³-hybridized carbons (Fsp3) is 0.500. The van der Waals surface area contributed by atoms with Gasteiger partial charge >= 0.3 is 0 Å². The molecule has 0 saturated heterocycles. The number of hydrazone groups is 1. The second kappa shape index (κ2) is 13.2. The Morgan fingerprint density at radius 3 is 2.44 bits per heavy atom. The number of nitrogens with zero attached hydrogens (tertiary/aromatic N) is 2. The van der Waals surface area contributed by atoms with Crippen LogP contribution in [-0.2, 0) is 4.79 Å². The van der Waals surface area contributed by atoms with Crippen LogP contribution >= 0.6 is 0 Å². The second-order valence-electron chi connectivity index (χ2n) is 12.2. The normalized spacial score (nSPS) is 21.6. The number of rotatable bonds is 11. The Hall–Kier alpha value is -3.86. The van der Waals surface area contributed by atoms with Crippen molar-refractivity contribution in [3.8, 4) is 0 Å². The van der Waals surface area contributed by atoms with Crippen LogP contribution in [-0.4, -0.2) is 40.5 Å². The highest BCUT2D eigenvalue weighted by molar-refractivity contribution is 6.46. The Morgan fingerprint density at radius 2 is 1.84 bits per heavy atom. The molecule has 2 aliphatic rings. The Morgan fingerprint density at radius 1 is 1.16 bits per heavy atom. The average Bonchev–Trinajstić information content (AvgIpc) is 3.27. The zero-order valence-corrected chi connectivity index (χ0v) is 25.5. The molecule has 1 fully saturated rings. The van der Waals surface area contributed by atoms with Crippen LogP contribution in [0.25, 0.3) is 0 Å². The number of hydrogen-bond donors (Lipinski definition) is 5. The van der Waals surface area contributed by atoms with Crippen LogP contribution in [0.15, 0.2) is 47.5 Å². The summed E-state index contributed by atoms with van der Waals surface area (Å²) in [5, 5.41) is 5.22. The van der Waals surface area contributed by atoms with E-state index in [2.05, 4.69) is 36.7 Å². The van der Waals surface area contributed by atoms with Crippen LogP contribution in [0.3, 0.4) is 0 Å². The highest BCUT2D eigenvalue weighted by Gasteiger charge is 2.53. The van der Waals surface area contributed by atoms with E-state index in [0.717, 1.165) is 37.3 Å². The summed E-state index contributed by atoms with van der Waals surface area (Å²) < 4.78 is 29.3. The molecule has 2 aromatic rings. The summed E-state index contributed by atoms with van der Waals surface area (Å²) >= 11 is 0. The molecule has 2 amide bonds. The first-order chi connectivity index (χ1) is 20.5. The summed E-state index contributed by atoms with van der Waals surface area (Å²) in [5.41, 5.74) is 8.35. The van der Waals surface area contributed by atoms with Crippen molar-refractivity contribution in [1.82, 2.24) is 15.8 Å². The number of amidine groups is 1. The van der Waals surface area contributed by atoms with Crippen molar-refractivity contribution in [2.75, 3.05) is 6.54 Å². The first-order valence-corrected chi connectivity index (χ1v) is 15.1. The van der Waals surface area contributed by atoms with Gasteiger partial charge in [0.1, 0.15) is 17.9 Å². The van der Waals surface area contributed by atoms with E-state index in [1.807, 2.05) is 24.0 Å². The molecule has 0 bridgehead atoms. The number of hydrogen-bond acceptors (Lipinski definition) is 5. The van der Waals surface area contributed by atoms with Gasteiger partial charge < -0.3 is 10.2 Å². The number of amides is 2. The zero-order valence-electron chi connectivity index (χ0n) is 25.5. The molecule has 1 unspecified atom stereocenters. The fourth-order valence-electron chi connectivity index (χ4n) is 6.40. The molecule has 4 rings (SSSR count). The van der Waals surface area contributed by atoms with E-state index >= 15 is 4.39 Å². The minimum Gasteiger partial charge on any atom is -0.340 e. The summed E-state index contributed by atoms with van der Waals surface area (Å²) in [7, 11) is 0. The van der Waals surface area contributed by atoms with Crippen molar-refractivity contribution in [1.29, 1.82) is 0 Å². The lowest BCUT2D eigenvalue weighted by Crippen LogP contribution is -2.88. The lowest BCUT2D eigenvalue weighted by molar-refractivity contribution is -0.530. The number of aliphatic imine (C=N–C) groups is 1. The second-order valence-corrected chi connectivity index (χ2v) is 12.2. The lowest BCUT2D eigenvalue weighted by atomic mass is 9.67. The number of halogens is 2. The molecule has 1 heterocycles. The zero-order chi connectivity index (χ0) is 31.4. The van der Waals surface area contributed by atoms with Crippen molar-refractivity contribution in [2.45, 2.75) is 84.3 Å². The van der Waals surface area contributed by atoms with Crippen LogP contribution in [0.1, 0.15) is 100 Å². The van der Waals surface area contributed by atoms with Crippen molar-refractivity contribution in [2.24, 2.45) is 27.9 Å². The average molecular weight is 597 g/mol. The van der Waals surface area contributed by atoms with Gasteiger partial charge in [0.2, 0.25) is 0 Å². The summed E-state index contributed by atoms with van der Waals surface area (Å²) in [6.45, 7) is 8.86. The van der Waals surface area contributed by atoms with Gasteiger partial charge in [-0.3, -0.25) is 20.3 Å². The van der Waals surface area contributed by atoms with Crippen LogP contribution in [0.2, 0.25) is 0 Å². The standard InChI is InChI=1S/C32H43F2N7O2/c1-5-8-25(20-11-13-21(14-12-20)29(42)37-19-26(35)39-40-36)41-30(43)28(23-9-7-10-24(33)27(23)34)38-32(41)17-15-22(16-18-32)31(3,4)6-2/h7,9-14,22,25,40H,5-6,8,15-19,36H2,1-4H3,(H2,35,39)(H,37,42)/p+1. The monoisotopic (exact) mass is 596 g/mol. The van der Waals surface area contributed by atoms with Gasteiger partial charge in [-0.25, -0.2) is 14.6 Å². The van der Waals surface area contributed by atoms with Gasteiger partial charge in [0.25, 0.3) is 17.6 Å². The summed E-state index contributed by atoms with van der Waals surface area (Å²) in [6, 6.07) is 10.6. The first-order valence-electron chi connectivity index (χ1n) is 15.1. The third-order valence-corrected chi connectivity index (χ3v) is 9.30. The third kappa shape index (κ3) is 6.56. The highest BCUT2D eigenvalue weighted by Crippen LogP contribution is 2.50. The Labute approximate surface area is 252 Å². The minimum atomic E-state index is -1.06. The number of benzene rings is 2. The van der Waals surface area contributed by atoms with Crippen molar-refractivity contribution >= 4 is 23.4 Å². The van der Waals surface area contributed by atoms with Crippen LogP contribution < -0.4 is 27.5 Å². The SMILES string of the molecule is CCCC(c1ccc(C(=O)NC/C(N)=[NH+]/NN)cc1)N1C(=O)C(c2cccc(F)c2F)=NC12CCC(C(C)(C)CC)CC2. The molecule has 1 aliphatic carbocycles. The Balaban J connectivity index is 1.69. The first kappa shape index (κ1) is 32.1. The van der Waals surface area contributed by atoms with Crippen molar-refractivity contribution in [3.05, 3.63) is 70.8 Å². The quantitative estimate of drug-likeness (QED) is 0.117. The van der Waals surface area contributed by atoms with Gasteiger partial charge in [0.15, 0.2) is 11.6 Å². The molecule has 43 heavy (non-hydrogen) atoms. The van der Waals surface area contributed by atoms with Gasteiger partial charge in [-0.2, -0.15) is 10.6 Å². The maximum Gasteiger partial charge on any atom is 0.284 e. The van der Waals surface area contributed by atoms with E-state index in [4.69, 9.17) is 16.6 Å². The maximum atomic E-state index is 15.0. The van der Waals surface area contributed by atoms with Gasteiger partial charge in [0.05, 0.1) is 6.04 Å². The molecule has 1 spiro atoms. The van der Waals surface area contributed by atoms with E-state index in [1.54, 1.807) is 12.1 Å². The number of nitrogens with one attached hydrogen (secondary N) is 3. The number of carbonyl (C=O) groups excluding carboxylic acids is 2. The third-order valence-electron chi connectivity index (χ3n) is 9.30. The van der Waals surface area contributed by atoms with Crippen LogP contribution in [0, 0.1) is 23.0 Å². The predicted octanol–water partition coefficient (Wildman–Crippen LogP) is 3.01. The molecule has 1 aliphatic heterocycles. The number of hydrazine groups is 2. The van der Waals surface area contributed by atoms with E-state index < -0.39 is 23.2 Å². The van der Waals surface area contributed by atoms with Gasteiger partial charge in [0, 0.05) is 11.1 Å². The molecule has 232 valence electrons. The fourth-order valence-corrected chi connectivity index (χ4v) is 6.40. The van der Waals surface area contributed by atoms with E-state index in [9.17, 15) is 14.0 Å². The van der Waals surface area contributed by atoms with E-state index in [1.165, 1.54) is 12.1 Å². The lowest BCUT2D eigenvalue weighted by Gasteiger charge is -2.48. The van der Waals surface area contributed by atoms with Crippen molar-refractivity contribution in [3.63, 3.8) is 0 Å². The molecular weight excluding hydrogens is 552 g/mol. The molecule has 1 saturated carbocycles. The van der Waals surface area contributed by atoms with Crippen molar-refractivity contribution < 1.29 is 23.5 Å². The topological polar surface area (TPSA) is 140 Å². The maximum absolute atomic E-state index is 15.0. The molecule has 7 N–H and O–H groups in total. The molecule has 2 aromatic carbocycles. The minimum absolute atomic E-state index is 0.0308. The van der Waals surface area contributed by atoms with Crippen LogP contribution in [0.5, 0.6) is 0 Å². The van der Waals surface area contributed by atoms with E-state index in [-0.39, 0.29) is 41.0 Å². The summed E-state index contributed by atoms with van der Waals surface area (Å²) in [5.74, 6) is 3.09. The van der Waals surface area contributed by atoms with Crippen LogP contribution in [0.4, 0.5) is 8.78 Å². The van der Waals surface area contributed by atoms with Gasteiger partial charge in [-0.1, -0.05) is 58.7 Å². The molecule has 1 atom stereocenters. The summed E-state index contributed by atoms with van der Waals surface area (Å²) in [4.78, 5) is 33.7. The highest BCUT2D eigenvalue weighted by atomic mass is 19.2. The largest absolute Gasteiger partial charge is 0.340 e. The molecule has 0 radical (unpaired) electrons. The number of nitrogens with two attached hydrogens (primary N) is 2. The Kier molecular flexibility index (Phi) is 9.84. The molecule has 9 nitrogen and oxygen atoms in total. The molecule has 11 heteroatoms. The number of carbonyl (C=O) groups is 2.